The first-order valence-corrected chi connectivity index (χ1v) is 8.26. The molecule has 2 heterocycles. The van der Waals surface area contributed by atoms with Gasteiger partial charge in [0.25, 0.3) is 5.91 Å². The van der Waals surface area contributed by atoms with Crippen molar-refractivity contribution in [2.45, 2.75) is 19.4 Å². The largest absolute Gasteiger partial charge is 0.480 e. The second-order valence-electron chi connectivity index (χ2n) is 6.28. The topological polar surface area (TPSA) is 99.6 Å². The van der Waals surface area contributed by atoms with Crippen LogP contribution >= 0.6 is 0 Å². The van der Waals surface area contributed by atoms with E-state index in [1.54, 1.807) is 12.3 Å². The molecule has 0 aliphatic carbocycles. The van der Waals surface area contributed by atoms with Gasteiger partial charge in [0.15, 0.2) is 0 Å². The summed E-state index contributed by atoms with van der Waals surface area (Å²) in [5.74, 6) is -1.95. The Morgan fingerprint density at radius 1 is 1.31 bits per heavy atom. The van der Waals surface area contributed by atoms with Crippen LogP contribution in [0.25, 0.3) is 10.8 Å². The van der Waals surface area contributed by atoms with Gasteiger partial charge in [0.2, 0.25) is 5.91 Å². The molecule has 1 aliphatic heterocycles. The number of pyridine rings is 1. The molecule has 0 saturated heterocycles. The fraction of sp³-hybridized carbons (Fsp3) is 0.263. The number of carboxylic acids is 1. The minimum absolute atomic E-state index is 0.240. The van der Waals surface area contributed by atoms with Crippen LogP contribution in [-0.4, -0.2) is 51.9 Å². The van der Waals surface area contributed by atoms with Crippen molar-refractivity contribution in [2.24, 2.45) is 0 Å². The van der Waals surface area contributed by atoms with Crippen LogP contribution in [0, 0.1) is 0 Å². The summed E-state index contributed by atoms with van der Waals surface area (Å²) in [6.07, 6.45) is 3.71. The first kappa shape index (κ1) is 17.6. The summed E-state index contributed by atoms with van der Waals surface area (Å²) in [7, 11) is 0. The Bertz CT molecular complexity index is 901. The lowest BCUT2D eigenvalue weighted by Gasteiger charge is -2.24. The number of amides is 2. The maximum absolute atomic E-state index is 12.7. The third-order valence-corrected chi connectivity index (χ3v) is 4.27. The molecule has 3 rings (SSSR count). The van der Waals surface area contributed by atoms with Gasteiger partial charge in [0.1, 0.15) is 18.3 Å². The molecule has 2 aromatic rings. The number of hydrogen-bond donors (Lipinski definition) is 2. The van der Waals surface area contributed by atoms with E-state index in [0.717, 1.165) is 11.0 Å². The van der Waals surface area contributed by atoms with Gasteiger partial charge in [-0.3, -0.25) is 19.4 Å². The number of fused-ring (bicyclic) bond motifs is 1. The number of aliphatic carboxylic acids is 1. The van der Waals surface area contributed by atoms with Crippen molar-refractivity contribution >= 4 is 28.6 Å². The number of rotatable bonds is 4. The Balaban J connectivity index is 1.85. The maximum atomic E-state index is 12.7. The molecular formula is C19H19N3O4. The van der Waals surface area contributed by atoms with E-state index in [2.05, 4.69) is 10.3 Å². The van der Waals surface area contributed by atoms with Crippen LogP contribution in [-0.2, 0) is 9.59 Å². The van der Waals surface area contributed by atoms with Gasteiger partial charge < -0.3 is 15.3 Å². The molecule has 2 N–H and O–H groups in total. The normalized spacial score (nSPS) is 17.6. The SMILES string of the molecule is CC1=CCC(NC(=O)c2nccc3ccccc23)C(=O)N(CC(=O)O)C1. The van der Waals surface area contributed by atoms with Gasteiger partial charge in [0, 0.05) is 18.1 Å². The average molecular weight is 353 g/mol. The van der Waals surface area contributed by atoms with Crippen LogP contribution in [0.2, 0.25) is 0 Å². The van der Waals surface area contributed by atoms with Crippen molar-refractivity contribution in [1.29, 1.82) is 0 Å². The first-order chi connectivity index (χ1) is 12.5. The lowest BCUT2D eigenvalue weighted by atomic mass is 10.1. The van der Waals surface area contributed by atoms with Gasteiger partial charge in [-0.1, -0.05) is 35.9 Å². The van der Waals surface area contributed by atoms with Crippen molar-refractivity contribution in [1.82, 2.24) is 15.2 Å². The van der Waals surface area contributed by atoms with Crippen molar-refractivity contribution in [3.05, 3.63) is 53.9 Å². The van der Waals surface area contributed by atoms with Gasteiger partial charge in [0.05, 0.1) is 0 Å². The second-order valence-corrected chi connectivity index (χ2v) is 6.28. The summed E-state index contributed by atoms with van der Waals surface area (Å²) in [6, 6.07) is 8.36. The van der Waals surface area contributed by atoms with Crippen LogP contribution in [0.4, 0.5) is 0 Å². The highest BCUT2D eigenvalue weighted by atomic mass is 16.4. The third kappa shape index (κ3) is 3.72. The summed E-state index contributed by atoms with van der Waals surface area (Å²) in [4.78, 5) is 41.8. The number of carbonyl (C=O) groups excluding carboxylic acids is 2. The van der Waals surface area contributed by atoms with Crippen molar-refractivity contribution in [3.8, 4) is 0 Å². The van der Waals surface area contributed by atoms with Crippen LogP contribution in [0.15, 0.2) is 48.2 Å². The van der Waals surface area contributed by atoms with Crippen LogP contribution in [0.5, 0.6) is 0 Å². The highest BCUT2D eigenvalue weighted by Crippen LogP contribution is 2.17. The molecule has 0 bridgehead atoms. The number of nitrogens with one attached hydrogen (secondary N) is 1. The summed E-state index contributed by atoms with van der Waals surface area (Å²) in [5.41, 5.74) is 1.13. The van der Waals surface area contributed by atoms with Gasteiger partial charge >= 0.3 is 5.97 Å². The van der Waals surface area contributed by atoms with E-state index in [1.807, 2.05) is 37.3 Å². The molecule has 2 amide bonds. The molecule has 0 fully saturated rings. The zero-order valence-corrected chi connectivity index (χ0v) is 14.3. The molecule has 0 spiro atoms. The van der Waals surface area contributed by atoms with Crippen molar-refractivity contribution < 1.29 is 19.5 Å². The highest BCUT2D eigenvalue weighted by molar-refractivity contribution is 6.06. The minimum atomic E-state index is -1.09. The van der Waals surface area contributed by atoms with E-state index in [1.165, 1.54) is 4.90 Å². The van der Waals surface area contributed by atoms with E-state index in [-0.39, 0.29) is 12.2 Å². The molecule has 0 saturated carbocycles. The van der Waals surface area contributed by atoms with Gasteiger partial charge in [-0.25, -0.2) is 0 Å². The van der Waals surface area contributed by atoms with Crippen molar-refractivity contribution in [3.63, 3.8) is 0 Å². The molecule has 1 aliphatic rings. The Kier molecular flexibility index (Phi) is 4.97. The van der Waals surface area contributed by atoms with Gasteiger partial charge in [-0.05, 0) is 24.8 Å². The number of nitrogens with zero attached hydrogens (tertiary/aromatic N) is 2. The van der Waals surface area contributed by atoms with E-state index < -0.39 is 30.4 Å². The molecule has 0 radical (unpaired) electrons. The third-order valence-electron chi connectivity index (χ3n) is 4.27. The predicted molar refractivity (Wildman–Crippen MR) is 95.6 cm³/mol. The fourth-order valence-electron chi connectivity index (χ4n) is 3.03. The Labute approximate surface area is 150 Å². The average Bonchev–Trinajstić information content (AvgIpc) is 2.74. The Morgan fingerprint density at radius 2 is 2.08 bits per heavy atom. The molecule has 7 heteroatoms. The quantitative estimate of drug-likeness (QED) is 0.813. The Hall–Kier alpha value is -3.22. The second kappa shape index (κ2) is 7.35. The molecule has 134 valence electrons. The van der Waals surface area contributed by atoms with Crippen molar-refractivity contribution in [2.75, 3.05) is 13.1 Å². The molecule has 1 aromatic heterocycles. The first-order valence-electron chi connectivity index (χ1n) is 8.26. The lowest BCUT2D eigenvalue weighted by molar-refractivity contribution is -0.144. The molecular weight excluding hydrogens is 334 g/mol. The summed E-state index contributed by atoms with van der Waals surface area (Å²) in [5, 5.41) is 13.3. The summed E-state index contributed by atoms with van der Waals surface area (Å²) >= 11 is 0. The number of benzene rings is 1. The molecule has 1 unspecified atom stereocenters. The maximum Gasteiger partial charge on any atom is 0.323 e. The Morgan fingerprint density at radius 3 is 2.85 bits per heavy atom. The fourth-order valence-corrected chi connectivity index (χ4v) is 3.03. The van der Waals surface area contributed by atoms with E-state index in [9.17, 15) is 14.4 Å². The number of carboxylic acid groups (broad SMARTS) is 1. The van der Waals surface area contributed by atoms with Gasteiger partial charge in [-0.2, -0.15) is 0 Å². The molecule has 26 heavy (non-hydrogen) atoms. The summed E-state index contributed by atoms with van der Waals surface area (Å²) in [6.45, 7) is 1.67. The van der Waals surface area contributed by atoms with Crippen LogP contribution in [0.1, 0.15) is 23.8 Å². The predicted octanol–water partition coefficient (Wildman–Crippen LogP) is 1.60. The lowest BCUT2D eigenvalue weighted by Crippen LogP contribution is -2.49. The van der Waals surface area contributed by atoms with E-state index in [4.69, 9.17) is 5.11 Å². The smallest absolute Gasteiger partial charge is 0.323 e. The highest BCUT2D eigenvalue weighted by Gasteiger charge is 2.29. The molecule has 1 aromatic carbocycles. The van der Waals surface area contributed by atoms with E-state index >= 15 is 0 Å². The minimum Gasteiger partial charge on any atom is -0.480 e. The molecule has 1 atom stereocenters. The van der Waals surface area contributed by atoms with E-state index in [0.29, 0.717) is 11.8 Å². The summed E-state index contributed by atoms with van der Waals surface area (Å²) < 4.78 is 0. The van der Waals surface area contributed by atoms with Crippen LogP contribution < -0.4 is 5.32 Å². The zero-order valence-electron chi connectivity index (χ0n) is 14.3. The molecule has 7 nitrogen and oxygen atoms in total. The number of carbonyl (C=O) groups is 3. The standard InChI is InChI=1S/C19H19N3O4/c1-12-6-7-15(19(26)22(10-12)11-16(23)24)21-18(25)17-14-5-3-2-4-13(14)8-9-20-17/h2-6,8-9,15H,7,10-11H2,1H3,(H,21,25)(H,23,24). The zero-order chi connectivity index (χ0) is 18.7. The monoisotopic (exact) mass is 353 g/mol. The number of aromatic nitrogens is 1. The van der Waals surface area contributed by atoms with Gasteiger partial charge in [-0.15, -0.1) is 0 Å². The van der Waals surface area contributed by atoms with Crippen LogP contribution in [0.3, 0.4) is 0 Å². The number of hydrogen-bond acceptors (Lipinski definition) is 4.